The summed E-state index contributed by atoms with van der Waals surface area (Å²) in [5.41, 5.74) is 7.26. The van der Waals surface area contributed by atoms with Crippen LogP contribution in [0.1, 0.15) is 12.0 Å². The van der Waals surface area contributed by atoms with Gasteiger partial charge in [0.15, 0.2) is 0 Å². The van der Waals surface area contributed by atoms with Crippen LogP contribution >= 0.6 is 0 Å². The fourth-order valence-electron chi connectivity index (χ4n) is 2.32. The fourth-order valence-corrected chi connectivity index (χ4v) is 2.32. The van der Waals surface area contributed by atoms with Crippen molar-refractivity contribution < 1.29 is 14.3 Å². The van der Waals surface area contributed by atoms with Crippen LogP contribution in [0.5, 0.6) is 0 Å². The summed E-state index contributed by atoms with van der Waals surface area (Å²) in [6.07, 6.45) is -0.691. The molecule has 1 saturated heterocycles. The number of nitrogens with two attached hydrogens (primary N) is 1. The SMILES string of the molecule is Cc1cccc(NC(=O)C[C@@H]2OCCN(CCN)C2=O)c1. The van der Waals surface area contributed by atoms with E-state index in [2.05, 4.69) is 5.32 Å². The maximum Gasteiger partial charge on any atom is 0.252 e. The molecule has 1 aliphatic rings. The quantitative estimate of drug-likeness (QED) is 0.828. The average Bonchev–Trinajstić information content (AvgIpc) is 2.43. The number of morpholine rings is 1. The summed E-state index contributed by atoms with van der Waals surface area (Å²) in [4.78, 5) is 25.8. The van der Waals surface area contributed by atoms with Crippen LogP contribution in [-0.2, 0) is 14.3 Å². The summed E-state index contributed by atoms with van der Waals surface area (Å²) < 4.78 is 5.41. The van der Waals surface area contributed by atoms with Crippen LogP contribution in [0.2, 0.25) is 0 Å². The molecule has 1 heterocycles. The maximum atomic E-state index is 12.1. The van der Waals surface area contributed by atoms with Crippen molar-refractivity contribution in [3.63, 3.8) is 0 Å². The number of carbonyl (C=O) groups is 2. The molecule has 1 fully saturated rings. The van der Waals surface area contributed by atoms with Gasteiger partial charge < -0.3 is 20.7 Å². The Labute approximate surface area is 124 Å². The lowest BCUT2D eigenvalue weighted by atomic mass is 10.1. The molecule has 0 aromatic heterocycles. The summed E-state index contributed by atoms with van der Waals surface area (Å²) in [7, 11) is 0. The van der Waals surface area contributed by atoms with Crippen molar-refractivity contribution in [1.29, 1.82) is 0 Å². The van der Waals surface area contributed by atoms with Crippen molar-refractivity contribution in [3.05, 3.63) is 29.8 Å². The number of nitrogens with zero attached hydrogens (tertiary/aromatic N) is 1. The van der Waals surface area contributed by atoms with Gasteiger partial charge in [0, 0.05) is 25.3 Å². The molecular weight excluding hydrogens is 270 g/mol. The van der Waals surface area contributed by atoms with Crippen molar-refractivity contribution in [2.45, 2.75) is 19.4 Å². The summed E-state index contributed by atoms with van der Waals surface area (Å²) in [6, 6.07) is 7.52. The minimum atomic E-state index is -0.713. The number of amides is 2. The largest absolute Gasteiger partial charge is 0.366 e. The summed E-state index contributed by atoms with van der Waals surface area (Å²) >= 11 is 0. The van der Waals surface area contributed by atoms with Crippen molar-refractivity contribution in [2.75, 3.05) is 31.6 Å². The third-order valence-corrected chi connectivity index (χ3v) is 3.34. The van der Waals surface area contributed by atoms with Crippen molar-refractivity contribution >= 4 is 17.5 Å². The van der Waals surface area contributed by atoms with E-state index in [1.165, 1.54) is 0 Å². The first-order valence-corrected chi connectivity index (χ1v) is 7.07. The molecule has 6 nitrogen and oxygen atoms in total. The van der Waals surface area contributed by atoms with E-state index in [1.54, 1.807) is 4.90 Å². The van der Waals surface area contributed by atoms with Gasteiger partial charge in [-0.05, 0) is 24.6 Å². The molecule has 0 radical (unpaired) electrons. The topological polar surface area (TPSA) is 84.7 Å². The first-order valence-electron chi connectivity index (χ1n) is 7.07. The highest BCUT2D eigenvalue weighted by Crippen LogP contribution is 2.13. The number of rotatable bonds is 5. The van der Waals surface area contributed by atoms with Crippen LogP contribution in [0.15, 0.2) is 24.3 Å². The van der Waals surface area contributed by atoms with E-state index in [4.69, 9.17) is 10.5 Å². The average molecular weight is 291 g/mol. The third-order valence-electron chi connectivity index (χ3n) is 3.34. The predicted octanol–water partition coefficient (Wildman–Crippen LogP) is 0.510. The Bertz CT molecular complexity index is 517. The zero-order valence-electron chi connectivity index (χ0n) is 12.2. The van der Waals surface area contributed by atoms with E-state index in [1.807, 2.05) is 31.2 Å². The summed E-state index contributed by atoms with van der Waals surface area (Å²) in [6.45, 7) is 3.83. The standard InChI is InChI=1S/C15H21N3O3/c1-11-3-2-4-12(9-11)17-14(19)10-13-15(20)18(6-5-16)7-8-21-13/h2-4,9,13H,5-8,10,16H2,1H3,(H,17,19)/t13-/m0/s1. The second-order valence-electron chi connectivity index (χ2n) is 5.10. The highest BCUT2D eigenvalue weighted by molar-refractivity contribution is 5.95. The van der Waals surface area contributed by atoms with E-state index >= 15 is 0 Å². The van der Waals surface area contributed by atoms with E-state index in [-0.39, 0.29) is 18.2 Å². The molecule has 0 bridgehead atoms. The number of carbonyl (C=O) groups excluding carboxylic acids is 2. The molecule has 2 amide bonds. The minimum Gasteiger partial charge on any atom is -0.366 e. The van der Waals surface area contributed by atoms with Gasteiger partial charge in [-0.15, -0.1) is 0 Å². The van der Waals surface area contributed by atoms with Crippen LogP contribution in [0.4, 0.5) is 5.69 Å². The third kappa shape index (κ3) is 4.27. The minimum absolute atomic E-state index is 0.0217. The number of aryl methyl sites for hydroxylation is 1. The highest BCUT2D eigenvalue weighted by atomic mass is 16.5. The van der Waals surface area contributed by atoms with Crippen LogP contribution in [-0.4, -0.2) is 49.1 Å². The van der Waals surface area contributed by atoms with Gasteiger partial charge in [-0.2, -0.15) is 0 Å². The smallest absolute Gasteiger partial charge is 0.252 e. The molecular formula is C15H21N3O3. The van der Waals surface area contributed by atoms with E-state index in [0.717, 1.165) is 11.3 Å². The molecule has 1 atom stereocenters. The lowest BCUT2D eigenvalue weighted by Gasteiger charge is -2.31. The summed E-state index contributed by atoms with van der Waals surface area (Å²) in [5.74, 6) is -0.389. The number of ether oxygens (including phenoxy) is 1. The maximum absolute atomic E-state index is 12.1. The molecule has 21 heavy (non-hydrogen) atoms. The zero-order chi connectivity index (χ0) is 15.2. The van der Waals surface area contributed by atoms with E-state index in [9.17, 15) is 9.59 Å². The Kier molecular flexibility index (Phi) is 5.30. The van der Waals surface area contributed by atoms with Gasteiger partial charge in [0.25, 0.3) is 5.91 Å². The van der Waals surface area contributed by atoms with Gasteiger partial charge in [-0.3, -0.25) is 9.59 Å². The number of anilines is 1. The van der Waals surface area contributed by atoms with Gasteiger partial charge in [-0.1, -0.05) is 12.1 Å². The van der Waals surface area contributed by atoms with Crippen LogP contribution in [0.25, 0.3) is 0 Å². The second-order valence-corrected chi connectivity index (χ2v) is 5.10. The molecule has 0 unspecified atom stereocenters. The predicted molar refractivity (Wildman–Crippen MR) is 79.8 cm³/mol. The van der Waals surface area contributed by atoms with E-state index in [0.29, 0.717) is 26.2 Å². The molecule has 2 rings (SSSR count). The fraction of sp³-hybridized carbons (Fsp3) is 0.467. The van der Waals surface area contributed by atoms with Crippen molar-refractivity contribution in [2.24, 2.45) is 5.73 Å². The molecule has 3 N–H and O–H groups in total. The first-order chi connectivity index (χ1) is 10.1. The van der Waals surface area contributed by atoms with Crippen molar-refractivity contribution in [3.8, 4) is 0 Å². The summed E-state index contributed by atoms with van der Waals surface area (Å²) in [5, 5.41) is 2.78. The number of nitrogens with one attached hydrogen (secondary N) is 1. The molecule has 0 saturated carbocycles. The van der Waals surface area contributed by atoms with Crippen LogP contribution in [0.3, 0.4) is 0 Å². The Morgan fingerprint density at radius 1 is 1.52 bits per heavy atom. The molecule has 0 spiro atoms. The molecule has 0 aliphatic carbocycles. The number of benzene rings is 1. The van der Waals surface area contributed by atoms with Crippen LogP contribution in [0, 0.1) is 6.92 Å². The second kappa shape index (κ2) is 7.19. The Hall–Kier alpha value is -1.92. The van der Waals surface area contributed by atoms with Gasteiger partial charge >= 0.3 is 0 Å². The first kappa shape index (κ1) is 15.5. The molecule has 1 aromatic carbocycles. The highest BCUT2D eigenvalue weighted by Gasteiger charge is 2.30. The molecule has 114 valence electrons. The number of hydrogen-bond donors (Lipinski definition) is 2. The van der Waals surface area contributed by atoms with E-state index < -0.39 is 6.10 Å². The van der Waals surface area contributed by atoms with Crippen LogP contribution < -0.4 is 11.1 Å². The molecule has 6 heteroatoms. The van der Waals surface area contributed by atoms with Gasteiger partial charge in [0.2, 0.25) is 5.91 Å². The number of hydrogen-bond acceptors (Lipinski definition) is 4. The molecule has 1 aliphatic heterocycles. The lowest BCUT2D eigenvalue weighted by molar-refractivity contribution is -0.154. The Balaban J connectivity index is 1.91. The van der Waals surface area contributed by atoms with Gasteiger partial charge in [0.1, 0.15) is 6.10 Å². The normalized spacial score (nSPS) is 18.7. The molecule has 1 aromatic rings. The Morgan fingerprint density at radius 2 is 2.33 bits per heavy atom. The monoisotopic (exact) mass is 291 g/mol. The Morgan fingerprint density at radius 3 is 3.05 bits per heavy atom. The van der Waals surface area contributed by atoms with Gasteiger partial charge in [-0.25, -0.2) is 0 Å². The zero-order valence-corrected chi connectivity index (χ0v) is 12.2. The lowest BCUT2D eigenvalue weighted by Crippen LogP contribution is -2.50. The van der Waals surface area contributed by atoms with Gasteiger partial charge in [0.05, 0.1) is 13.0 Å². The van der Waals surface area contributed by atoms with Crippen molar-refractivity contribution in [1.82, 2.24) is 4.90 Å².